The highest BCUT2D eigenvalue weighted by molar-refractivity contribution is 5.86. The Morgan fingerprint density at radius 2 is 2.05 bits per heavy atom. The molecular weight excluding hydrogens is 270 g/mol. The highest BCUT2D eigenvalue weighted by atomic mass is 16.4. The van der Waals surface area contributed by atoms with Gasteiger partial charge in [-0.25, -0.2) is 4.98 Å². The van der Waals surface area contributed by atoms with Crippen molar-refractivity contribution in [1.82, 2.24) is 20.5 Å². The van der Waals surface area contributed by atoms with Crippen molar-refractivity contribution in [2.24, 2.45) is 4.99 Å². The second-order valence-corrected chi connectivity index (χ2v) is 5.94. The normalized spacial score (nSPS) is 12.2. The highest BCUT2D eigenvalue weighted by Crippen LogP contribution is 2.22. The number of aromatic nitrogens is 1. The molecule has 0 aliphatic heterocycles. The van der Waals surface area contributed by atoms with Crippen LogP contribution in [0.1, 0.15) is 32.4 Å². The lowest BCUT2D eigenvalue weighted by Gasteiger charge is -2.14. The van der Waals surface area contributed by atoms with Gasteiger partial charge < -0.3 is 20.0 Å². The number of guanidine groups is 1. The highest BCUT2D eigenvalue weighted by Gasteiger charge is 2.19. The summed E-state index contributed by atoms with van der Waals surface area (Å²) in [5, 5.41) is 5.99. The molecule has 0 atom stereocenters. The summed E-state index contributed by atoms with van der Waals surface area (Å²) in [6.07, 6.45) is 1.74. The van der Waals surface area contributed by atoms with Crippen molar-refractivity contribution in [3.05, 3.63) is 17.8 Å². The third-order valence-corrected chi connectivity index (χ3v) is 2.83. The molecule has 1 rings (SSSR count). The van der Waals surface area contributed by atoms with Crippen LogP contribution in [0.5, 0.6) is 0 Å². The molecule has 1 aromatic heterocycles. The fourth-order valence-electron chi connectivity index (χ4n) is 1.44. The maximum absolute atomic E-state index is 11.5. The number of oxazole rings is 1. The van der Waals surface area contributed by atoms with Gasteiger partial charge in [-0.05, 0) is 0 Å². The molecule has 0 saturated heterocycles. The molecule has 1 aromatic rings. The maximum atomic E-state index is 11.5. The first-order chi connectivity index (χ1) is 9.74. The third-order valence-electron chi connectivity index (χ3n) is 2.83. The Kier molecular flexibility index (Phi) is 5.75. The van der Waals surface area contributed by atoms with Crippen LogP contribution in [0.25, 0.3) is 0 Å². The molecule has 1 heterocycles. The molecular formula is C14H25N5O2. The predicted octanol–water partition coefficient (Wildman–Crippen LogP) is 0.725. The second kappa shape index (κ2) is 7.10. The van der Waals surface area contributed by atoms with E-state index in [4.69, 9.17) is 4.42 Å². The predicted molar refractivity (Wildman–Crippen MR) is 82.1 cm³/mol. The van der Waals surface area contributed by atoms with Crippen LogP contribution in [-0.4, -0.2) is 49.4 Å². The Morgan fingerprint density at radius 3 is 2.52 bits per heavy atom. The summed E-state index contributed by atoms with van der Waals surface area (Å²) in [4.78, 5) is 21.3. The molecule has 0 aliphatic rings. The Morgan fingerprint density at radius 1 is 1.38 bits per heavy atom. The van der Waals surface area contributed by atoms with E-state index >= 15 is 0 Å². The number of hydrogen-bond acceptors (Lipinski definition) is 4. The Bertz CT molecular complexity index is 500. The van der Waals surface area contributed by atoms with Gasteiger partial charge in [0.2, 0.25) is 11.8 Å². The van der Waals surface area contributed by atoms with Crippen LogP contribution in [0.4, 0.5) is 0 Å². The average molecular weight is 295 g/mol. The van der Waals surface area contributed by atoms with Gasteiger partial charge in [-0.2, -0.15) is 0 Å². The number of amides is 1. The number of rotatable bonds is 4. The van der Waals surface area contributed by atoms with E-state index in [2.05, 4.69) is 41.4 Å². The van der Waals surface area contributed by atoms with Gasteiger partial charge >= 0.3 is 0 Å². The van der Waals surface area contributed by atoms with E-state index in [0.717, 1.165) is 5.76 Å². The van der Waals surface area contributed by atoms with Crippen molar-refractivity contribution in [2.75, 3.05) is 27.7 Å². The van der Waals surface area contributed by atoms with Gasteiger partial charge in [0, 0.05) is 26.6 Å². The lowest BCUT2D eigenvalue weighted by atomic mass is 9.94. The zero-order chi connectivity index (χ0) is 16.0. The number of aliphatic imine (C=N–C) groups is 1. The average Bonchev–Trinajstić information content (AvgIpc) is 2.87. The van der Waals surface area contributed by atoms with Crippen molar-refractivity contribution in [3.8, 4) is 0 Å². The molecule has 0 saturated carbocycles. The molecule has 2 N–H and O–H groups in total. The molecule has 0 aromatic carbocycles. The van der Waals surface area contributed by atoms with Crippen LogP contribution in [0.15, 0.2) is 15.6 Å². The monoisotopic (exact) mass is 295 g/mol. The second-order valence-electron chi connectivity index (χ2n) is 5.94. The van der Waals surface area contributed by atoms with E-state index < -0.39 is 0 Å². The molecule has 0 unspecified atom stereocenters. The van der Waals surface area contributed by atoms with Crippen LogP contribution < -0.4 is 10.6 Å². The van der Waals surface area contributed by atoms with Crippen molar-refractivity contribution in [2.45, 2.75) is 32.7 Å². The Hall–Kier alpha value is -2.05. The molecule has 7 heteroatoms. The quantitative estimate of drug-likeness (QED) is 0.632. The minimum atomic E-state index is -0.0662. The van der Waals surface area contributed by atoms with Gasteiger partial charge in [0.1, 0.15) is 5.76 Å². The summed E-state index contributed by atoms with van der Waals surface area (Å²) in [6.45, 7) is 6.80. The molecule has 0 aliphatic carbocycles. The molecule has 7 nitrogen and oxygen atoms in total. The van der Waals surface area contributed by atoms with Gasteiger partial charge in [-0.15, -0.1) is 0 Å². The van der Waals surface area contributed by atoms with Crippen LogP contribution in [0.2, 0.25) is 0 Å². The summed E-state index contributed by atoms with van der Waals surface area (Å²) < 4.78 is 5.68. The molecule has 1 amide bonds. The van der Waals surface area contributed by atoms with Crippen molar-refractivity contribution in [1.29, 1.82) is 0 Å². The van der Waals surface area contributed by atoms with E-state index in [-0.39, 0.29) is 17.9 Å². The zero-order valence-electron chi connectivity index (χ0n) is 13.6. The number of carbonyl (C=O) groups excluding carboxylic acids is 1. The zero-order valence-corrected chi connectivity index (χ0v) is 13.6. The number of likely N-dealkylation sites (N-methyl/N-ethyl adjacent to an activating group) is 1. The summed E-state index contributed by atoms with van der Waals surface area (Å²) in [6, 6.07) is 0. The molecule has 118 valence electrons. The van der Waals surface area contributed by atoms with Gasteiger partial charge in [0.05, 0.1) is 19.3 Å². The molecule has 0 radical (unpaired) electrons. The van der Waals surface area contributed by atoms with Crippen LogP contribution >= 0.6 is 0 Å². The number of hydrogen-bond donors (Lipinski definition) is 2. The molecule has 21 heavy (non-hydrogen) atoms. The Balaban J connectivity index is 2.49. The summed E-state index contributed by atoms with van der Waals surface area (Å²) in [5.41, 5.74) is -0.0662. The first kappa shape index (κ1) is 17.0. The Labute approximate surface area is 125 Å². The SMILES string of the molecule is CN=C(NCC(=O)N(C)C)NCc1ncc(C(C)(C)C)o1. The lowest BCUT2D eigenvalue weighted by molar-refractivity contribution is -0.127. The number of nitrogens with one attached hydrogen (secondary N) is 2. The van der Waals surface area contributed by atoms with E-state index in [1.807, 2.05) is 0 Å². The van der Waals surface area contributed by atoms with Crippen molar-refractivity contribution >= 4 is 11.9 Å². The smallest absolute Gasteiger partial charge is 0.241 e. The first-order valence-electron chi connectivity index (χ1n) is 6.84. The fourth-order valence-corrected chi connectivity index (χ4v) is 1.44. The van der Waals surface area contributed by atoms with E-state index in [1.54, 1.807) is 27.3 Å². The standard InChI is InChI=1S/C14H25N5O2/c1-14(2,3)10-7-16-11(21-10)8-17-13(15-4)18-9-12(20)19(5)6/h7H,8-9H2,1-6H3,(H2,15,17,18). The van der Waals surface area contributed by atoms with Crippen LogP contribution in [0, 0.1) is 0 Å². The first-order valence-corrected chi connectivity index (χ1v) is 6.84. The molecule has 0 fully saturated rings. The van der Waals surface area contributed by atoms with E-state index in [9.17, 15) is 4.79 Å². The van der Waals surface area contributed by atoms with Crippen molar-refractivity contribution in [3.63, 3.8) is 0 Å². The lowest BCUT2D eigenvalue weighted by Crippen LogP contribution is -2.42. The summed E-state index contributed by atoms with van der Waals surface area (Å²) in [7, 11) is 5.06. The topological polar surface area (TPSA) is 82.8 Å². The van der Waals surface area contributed by atoms with Crippen LogP contribution in [-0.2, 0) is 16.8 Å². The van der Waals surface area contributed by atoms with Gasteiger partial charge in [0.25, 0.3) is 0 Å². The third kappa shape index (κ3) is 5.45. The largest absolute Gasteiger partial charge is 0.443 e. The van der Waals surface area contributed by atoms with E-state index in [0.29, 0.717) is 18.4 Å². The minimum absolute atomic E-state index is 0.0240. The minimum Gasteiger partial charge on any atom is -0.443 e. The van der Waals surface area contributed by atoms with E-state index in [1.165, 1.54) is 4.90 Å². The number of nitrogens with zero attached hydrogens (tertiary/aromatic N) is 3. The van der Waals surface area contributed by atoms with Gasteiger partial charge in [0.15, 0.2) is 5.96 Å². The summed E-state index contributed by atoms with van der Waals surface area (Å²) >= 11 is 0. The molecule has 0 bridgehead atoms. The molecule has 0 spiro atoms. The maximum Gasteiger partial charge on any atom is 0.241 e. The fraction of sp³-hybridized carbons (Fsp3) is 0.643. The number of carbonyl (C=O) groups is 1. The van der Waals surface area contributed by atoms with Gasteiger partial charge in [-0.1, -0.05) is 20.8 Å². The van der Waals surface area contributed by atoms with Crippen molar-refractivity contribution < 1.29 is 9.21 Å². The van der Waals surface area contributed by atoms with Crippen LogP contribution in [0.3, 0.4) is 0 Å². The summed E-state index contributed by atoms with van der Waals surface area (Å²) in [5.74, 6) is 1.93. The van der Waals surface area contributed by atoms with Gasteiger partial charge in [-0.3, -0.25) is 9.79 Å².